The monoisotopic (exact) mass is 242 g/mol. The molecule has 0 spiro atoms. The van der Waals surface area contributed by atoms with Gasteiger partial charge in [0, 0.05) is 30.7 Å². The molecule has 2 heterocycles. The van der Waals surface area contributed by atoms with Gasteiger partial charge >= 0.3 is 0 Å². The highest BCUT2D eigenvalue weighted by Crippen LogP contribution is 2.18. The van der Waals surface area contributed by atoms with Gasteiger partial charge in [-0.1, -0.05) is 18.2 Å². The number of benzene rings is 1. The highest BCUT2D eigenvalue weighted by atomic mass is 15.3. The van der Waals surface area contributed by atoms with Gasteiger partial charge in [0.1, 0.15) is 0 Å². The second-order valence-corrected chi connectivity index (χ2v) is 4.69. The number of anilines is 1. The van der Waals surface area contributed by atoms with Gasteiger partial charge in [-0.2, -0.15) is 5.10 Å². The first-order valence-electron chi connectivity index (χ1n) is 6.44. The van der Waals surface area contributed by atoms with E-state index in [2.05, 4.69) is 40.0 Å². The van der Waals surface area contributed by atoms with Crippen LogP contribution in [0.5, 0.6) is 0 Å². The Balaban J connectivity index is 1.76. The molecule has 0 bridgehead atoms. The van der Waals surface area contributed by atoms with Crippen LogP contribution in [-0.2, 0) is 6.54 Å². The van der Waals surface area contributed by atoms with Crippen molar-refractivity contribution in [3.63, 3.8) is 0 Å². The molecule has 0 radical (unpaired) electrons. The Kier molecular flexibility index (Phi) is 3.28. The molecule has 1 aromatic carbocycles. The Morgan fingerprint density at radius 1 is 1.33 bits per heavy atom. The van der Waals surface area contributed by atoms with Crippen LogP contribution in [0.2, 0.25) is 0 Å². The van der Waals surface area contributed by atoms with Gasteiger partial charge in [-0.05, 0) is 30.7 Å². The molecular weight excluding hydrogens is 224 g/mol. The number of nitrogens with zero attached hydrogens (tertiary/aromatic N) is 2. The summed E-state index contributed by atoms with van der Waals surface area (Å²) in [5.41, 5.74) is 2.51. The Morgan fingerprint density at radius 3 is 3.06 bits per heavy atom. The normalized spacial score (nSPS) is 19.0. The molecule has 3 rings (SSSR count). The number of nitrogens with one attached hydrogen (secondary N) is 2. The Hall–Kier alpha value is -1.81. The maximum Gasteiger partial charge on any atom is 0.0679 e. The average Bonchev–Trinajstić information content (AvgIpc) is 3.05. The molecular formula is C14H18N4. The van der Waals surface area contributed by atoms with Crippen molar-refractivity contribution >= 4 is 5.69 Å². The van der Waals surface area contributed by atoms with E-state index in [-0.39, 0.29) is 0 Å². The molecule has 0 saturated carbocycles. The highest BCUT2D eigenvalue weighted by molar-refractivity contribution is 5.52. The lowest BCUT2D eigenvalue weighted by molar-refractivity contribution is 0.685. The summed E-state index contributed by atoms with van der Waals surface area (Å²) >= 11 is 0. The lowest BCUT2D eigenvalue weighted by Crippen LogP contribution is -2.23. The number of aromatic nitrogens is 2. The van der Waals surface area contributed by atoms with Crippen molar-refractivity contribution in [1.82, 2.24) is 15.1 Å². The van der Waals surface area contributed by atoms with E-state index in [9.17, 15) is 0 Å². The molecule has 1 saturated heterocycles. The van der Waals surface area contributed by atoms with Crippen molar-refractivity contribution in [3.8, 4) is 0 Å². The zero-order valence-electron chi connectivity index (χ0n) is 10.3. The van der Waals surface area contributed by atoms with E-state index in [1.807, 2.05) is 23.1 Å². The molecule has 1 aliphatic rings. The second-order valence-electron chi connectivity index (χ2n) is 4.69. The molecule has 18 heavy (non-hydrogen) atoms. The highest BCUT2D eigenvalue weighted by Gasteiger charge is 2.15. The van der Waals surface area contributed by atoms with Crippen LogP contribution in [0.15, 0.2) is 42.7 Å². The van der Waals surface area contributed by atoms with E-state index in [0.29, 0.717) is 6.04 Å². The van der Waals surface area contributed by atoms with Gasteiger partial charge in [-0.15, -0.1) is 0 Å². The van der Waals surface area contributed by atoms with Crippen molar-refractivity contribution in [2.45, 2.75) is 19.0 Å². The molecule has 2 aromatic rings. The summed E-state index contributed by atoms with van der Waals surface area (Å²) in [5, 5.41) is 11.3. The Morgan fingerprint density at radius 2 is 2.28 bits per heavy atom. The molecule has 1 aliphatic heterocycles. The zero-order chi connectivity index (χ0) is 12.2. The summed E-state index contributed by atoms with van der Waals surface area (Å²) < 4.78 is 1.95. The molecule has 4 heteroatoms. The molecule has 1 unspecified atom stereocenters. The lowest BCUT2D eigenvalue weighted by Gasteiger charge is -2.16. The van der Waals surface area contributed by atoms with Gasteiger partial charge in [0.2, 0.25) is 0 Å². The van der Waals surface area contributed by atoms with Crippen LogP contribution in [-0.4, -0.2) is 28.9 Å². The number of para-hydroxylation sites is 1. The number of rotatable bonds is 4. The van der Waals surface area contributed by atoms with Crippen LogP contribution in [0.1, 0.15) is 12.0 Å². The fourth-order valence-corrected chi connectivity index (χ4v) is 2.37. The maximum atomic E-state index is 4.26. The van der Waals surface area contributed by atoms with Crippen molar-refractivity contribution in [2.75, 3.05) is 18.4 Å². The predicted octanol–water partition coefficient (Wildman–Crippen LogP) is 1.71. The van der Waals surface area contributed by atoms with Crippen molar-refractivity contribution in [2.24, 2.45) is 0 Å². The van der Waals surface area contributed by atoms with Gasteiger partial charge in [-0.25, -0.2) is 0 Å². The topological polar surface area (TPSA) is 41.9 Å². The van der Waals surface area contributed by atoms with Crippen LogP contribution in [0.25, 0.3) is 0 Å². The standard InChI is InChI=1S/C14H18N4/c1-2-5-14(17-13-6-8-15-10-13)12(4-1)11-18-9-3-7-16-18/h1-5,7,9,13,15,17H,6,8,10-11H2. The van der Waals surface area contributed by atoms with E-state index >= 15 is 0 Å². The first-order valence-corrected chi connectivity index (χ1v) is 6.44. The largest absolute Gasteiger partial charge is 0.381 e. The predicted molar refractivity (Wildman–Crippen MR) is 72.7 cm³/mol. The second kappa shape index (κ2) is 5.23. The van der Waals surface area contributed by atoms with E-state index in [1.54, 1.807) is 0 Å². The summed E-state index contributed by atoms with van der Waals surface area (Å²) in [4.78, 5) is 0. The van der Waals surface area contributed by atoms with Gasteiger partial charge < -0.3 is 10.6 Å². The van der Waals surface area contributed by atoms with Gasteiger partial charge in [0.05, 0.1) is 6.54 Å². The minimum atomic E-state index is 0.545. The van der Waals surface area contributed by atoms with E-state index in [0.717, 1.165) is 19.6 Å². The van der Waals surface area contributed by atoms with Crippen molar-refractivity contribution in [3.05, 3.63) is 48.3 Å². The third-order valence-corrected chi connectivity index (χ3v) is 3.33. The van der Waals surface area contributed by atoms with Gasteiger partial charge in [0.15, 0.2) is 0 Å². The molecule has 1 fully saturated rings. The van der Waals surface area contributed by atoms with Crippen molar-refractivity contribution < 1.29 is 0 Å². The minimum absolute atomic E-state index is 0.545. The molecule has 0 aliphatic carbocycles. The quantitative estimate of drug-likeness (QED) is 0.857. The van der Waals surface area contributed by atoms with E-state index in [1.165, 1.54) is 17.7 Å². The number of hydrogen-bond acceptors (Lipinski definition) is 3. The summed E-state index contributed by atoms with van der Waals surface area (Å²) in [5.74, 6) is 0. The number of hydrogen-bond donors (Lipinski definition) is 2. The zero-order valence-corrected chi connectivity index (χ0v) is 10.3. The van der Waals surface area contributed by atoms with Crippen LogP contribution in [0.3, 0.4) is 0 Å². The first kappa shape index (κ1) is 11.3. The summed E-state index contributed by atoms with van der Waals surface area (Å²) in [6.07, 6.45) is 5.00. The summed E-state index contributed by atoms with van der Waals surface area (Å²) in [6.45, 7) is 2.98. The summed E-state index contributed by atoms with van der Waals surface area (Å²) in [6, 6.07) is 11.0. The lowest BCUT2D eigenvalue weighted by atomic mass is 10.1. The minimum Gasteiger partial charge on any atom is -0.381 e. The van der Waals surface area contributed by atoms with E-state index < -0.39 is 0 Å². The fraction of sp³-hybridized carbons (Fsp3) is 0.357. The summed E-state index contributed by atoms with van der Waals surface area (Å²) in [7, 11) is 0. The SMILES string of the molecule is c1ccc(NC2CCNC2)c(Cn2cccn2)c1. The molecule has 0 amide bonds. The van der Waals surface area contributed by atoms with Crippen LogP contribution < -0.4 is 10.6 Å². The van der Waals surface area contributed by atoms with Crippen molar-refractivity contribution in [1.29, 1.82) is 0 Å². The van der Waals surface area contributed by atoms with Gasteiger partial charge in [-0.3, -0.25) is 4.68 Å². The Bertz CT molecular complexity index is 486. The van der Waals surface area contributed by atoms with Crippen LogP contribution in [0.4, 0.5) is 5.69 Å². The molecule has 1 atom stereocenters. The Labute approximate surface area is 107 Å². The molecule has 1 aromatic heterocycles. The fourth-order valence-electron chi connectivity index (χ4n) is 2.37. The van der Waals surface area contributed by atoms with E-state index in [4.69, 9.17) is 0 Å². The molecule has 94 valence electrons. The van der Waals surface area contributed by atoms with Crippen LogP contribution >= 0.6 is 0 Å². The third-order valence-electron chi connectivity index (χ3n) is 3.33. The average molecular weight is 242 g/mol. The smallest absolute Gasteiger partial charge is 0.0679 e. The van der Waals surface area contributed by atoms with Crippen LogP contribution in [0, 0.1) is 0 Å². The van der Waals surface area contributed by atoms with Gasteiger partial charge in [0.25, 0.3) is 0 Å². The maximum absolute atomic E-state index is 4.26. The molecule has 2 N–H and O–H groups in total. The molecule has 4 nitrogen and oxygen atoms in total. The first-order chi connectivity index (χ1) is 8.92. The third kappa shape index (κ3) is 2.54.